The van der Waals surface area contributed by atoms with Crippen molar-refractivity contribution in [2.24, 2.45) is 13.0 Å². The van der Waals surface area contributed by atoms with E-state index in [1.165, 1.54) is 0 Å². The number of amides is 1. The first kappa shape index (κ1) is 12.7. The summed E-state index contributed by atoms with van der Waals surface area (Å²) in [5.41, 5.74) is 3.07. The molecule has 1 aromatic carbocycles. The van der Waals surface area contributed by atoms with E-state index in [2.05, 4.69) is 15.3 Å². The van der Waals surface area contributed by atoms with Crippen molar-refractivity contribution in [1.82, 2.24) is 9.78 Å². The fraction of sp³-hybridized carbons (Fsp3) is 0.333. The van der Waals surface area contributed by atoms with Crippen LogP contribution in [-0.2, 0) is 18.4 Å². The third kappa shape index (κ3) is 2.27. The van der Waals surface area contributed by atoms with E-state index in [-0.39, 0.29) is 11.8 Å². The Hall–Kier alpha value is -2.30. The highest BCUT2D eigenvalue weighted by atomic mass is 16.1. The fourth-order valence-electron chi connectivity index (χ4n) is 2.52. The Morgan fingerprint density at radius 3 is 2.90 bits per heavy atom. The van der Waals surface area contributed by atoms with Crippen molar-refractivity contribution in [1.29, 1.82) is 0 Å². The summed E-state index contributed by atoms with van der Waals surface area (Å²) in [6.45, 7) is 3.40. The van der Waals surface area contributed by atoms with Crippen molar-refractivity contribution in [3.8, 4) is 0 Å². The van der Waals surface area contributed by atoms with Gasteiger partial charge >= 0.3 is 0 Å². The molecule has 1 aliphatic heterocycles. The number of rotatable bonds is 2. The van der Waals surface area contributed by atoms with Crippen LogP contribution < -0.4 is 10.2 Å². The van der Waals surface area contributed by atoms with E-state index < -0.39 is 0 Å². The second kappa shape index (κ2) is 5.00. The zero-order valence-electron chi connectivity index (χ0n) is 11.7. The first-order chi connectivity index (χ1) is 9.65. The molecular weight excluding hydrogens is 252 g/mol. The number of aryl methyl sites for hydroxylation is 1. The van der Waals surface area contributed by atoms with Gasteiger partial charge in [-0.15, -0.1) is 0 Å². The third-order valence-corrected chi connectivity index (χ3v) is 3.72. The van der Waals surface area contributed by atoms with Crippen LogP contribution in [-0.4, -0.2) is 22.2 Å². The van der Waals surface area contributed by atoms with Crippen LogP contribution in [0, 0.1) is 5.92 Å². The second-order valence-corrected chi connectivity index (χ2v) is 5.23. The van der Waals surface area contributed by atoms with Crippen LogP contribution in [0.1, 0.15) is 12.6 Å². The number of fused-ring (bicyclic) bond motifs is 1. The summed E-state index contributed by atoms with van der Waals surface area (Å²) in [7, 11) is 1.94. The van der Waals surface area contributed by atoms with Gasteiger partial charge in [-0.3, -0.25) is 9.48 Å². The molecule has 1 atom stereocenters. The van der Waals surface area contributed by atoms with E-state index in [0.717, 1.165) is 23.6 Å². The Bertz CT molecular complexity index is 634. The van der Waals surface area contributed by atoms with E-state index >= 15 is 0 Å². The van der Waals surface area contributed by atoms with Gasteiger partial charge in [-0.05, 0) is 18.2 Å². The Morgan fingerprint density at radius 2 is 2.15 bits per heavy atom. The van der Waals surface area contributed by atoms with Crippen molar-refractivity contribution in [3.63, 3.8) is 0 Å². The Morgan fingerprint density at radius 1 is 1.35 bits per heavy atom. The molecule has 20 heavy (non-hydrogen) atoms. The minimum absolute atomic E-state index is 0.0457. The predicted octanol–water partition coefficient (Wildman–Crippen LogP) is 2.01. The van der Waals surface area contributed by atoms with Crippen molar-refractivity contribution in [3.05, 3.63) is 42.2 Å². The van der Waals surface area contributed by atoms with Gasteiger partial charge in [0.2, 0.25) is 5.91 Å². The molecule has 0 radical (unpaired) electrons. The lowest BCUT2D eigenvalue weighted by Gasteiger charge is -2.25. The summed E-state index contributed by atoms with van der Waals surface area (Å²) in [6, 6.07) is 9.94. The second-order valence-electron chi connectivity index (χ2n) is 5.23. The molecule has 1 aromatic heterocycles. The van der Waals surface area contributed by atoms with Crippen LogP contribution in [0.3, 0.4) is 0 Å². The minimum atomic E-state index is -0.0457. The number of hydrogen-bond acceptors (Lipinski definition) is 3. The van der Waals surface area contributed by atoms with Gasteiger partial charge in [0, 0.05) is 19.8 Å². The molecule has 0 saturated carbocycles. The van der Waals surface area contributed by atoms with Crippen LogP contribution in [0.25, 0.3) is 0 Å². The molecular formula is C15H18N4O. The Balaban J connectivity index is 1.96. The number of para-hydroxylation sites is 2. The van der Waals surface area contributed by atoms with Crippen molar-refractivity contribution in [2.75, 3.05) is 16.8 Å². The van der Waals surface area contributed by atoms with Crippen LogP contribution in [0.4, 0.5) is 11.4 Å². The largest absolute Gasteiger partial charge is 0.363 e. The number of benzene rings is 1. The lowest BCUT2D eigenvalue weighted by atomic mass is 10.1. The maximum absolute atomic E-state index is 12.0. The first-order valence-corrected chi connectivity index (χ1v) is 6.77. The van der Waals surface area contributed by atoms with Crippen LogP contribution in [0.15, 0.2) is 36.5 Å². The first-order valence-electron chi connectivity index (χ1n) is 6.77. The summed E-state index contributed by atoms with van der Waals surface area (Å²) < 4.78 is 1.87. The zero-order valence-corrected chi connectivity index (χ0v) is 11.7. The summed E-state index contributed by atoms with van der Waals surface area (Å²) in [5.74, 6) is 0.0283. The van der Waals surface area contributed by atoms with Gasteiger partial charge in [-0.2, -0.15) is 5.10 Å². The molecule has 5 nitrogen and oxygen atoms in total. The van der Waals surface area contributed by atoms with E-state index in [1.54, 1.807) is 6.20 Å². The molecule has 0 fully saturated rings. The number of carbonyl (C=O) groups is 1. The molecule has 1 N–H and O–H groups in total. The van der Waals surface area contributed by atoms with E-state index in [1.807, 2.05) is 49.0 Å². The van der Waals surface area contributed by atoms with Crippen LogP contribution >= 0.6 is 0 Å². The highest BCUT2D eigenvalue weighted by Crippen LogP contribution is 2.30. The number of nitrogens with zero attached hydrogens (tertiary/aromatic N) is 3. The molecule has 0 saturated heterocycles. The molecule has 3 rings (SSSR count). The van der Waals surface area contributed by atoms with E-state index in [0.29, 0.717) is 6.54 Å². The number of aromatic nitrogens is 2. The maximum atomic E-state index is 12.0. The predicted molar refractivity (Wildman–Crippen MR) is 78.5 cm³/mol. The van der Waals surface area contributed by atoms with Crippen molar-refractivity contribution >= 4 is 17.3 Å². The molecule has 0 spiro atoms. The van der Waals surface area contributed by atoms with Crippen molar-refractivity contribution < 1.29 is 4.79 Å². The average molecular weight is 270 g/mol. The average Bonchev–Trinajstić information content (AvgIpc) is 2.78. The SMILES string of the molecule is CC1CN(Cc2ccnn2C)c2ccccc2NC1=O. The summed E-state index contributed by atoms with van der Waals surface area (Å²) in [6.07, 6.45) is 1.80. The van der Waals surface area contributed by atoms with Gasteiger partial charge in [0.05, 0.1) is 29.5 Å². The van der Waals surface area contributed by atoms with Gasteiger partial charge in [0.25, 0.3) is 0 Å². The van der Waals surface area contributed by atoms with E-state index in [9.17, 15) is 4.79 Å². The number of anilines is 2. The fourth-order valence-corrected chi connectivity index (χ4v) is 2.52. The number of hydrogen-bond donors (Lipinski definition) is 1. The van der Waals surface area contributed by atoms with Crippen molar-refractivity contribution in [2.45, 2.75) is 13.5 Å². The topological polar surface area (TPSA) is 50.2 Å². The normalized spacial score (nSPS) is 18.4. The third-order valence-electron chi connectivity index (χ3n) is 3.72. The highest BCUT2D eigenvalue weighted by Gasteiger charge is 2.25. The maximum Gasteiger partial charge on any atom is 0.229 e. The summed E-state index contributed by atoms with van der Waals surface area (Å²) in [5, 5.41) is 7.20. The molecule has 1 amide bonds. The van der Waals surface area contributed by atoms with Gasteiger partial charge in [0.1, 0.15) is 0 Å². The standard InChI is InChI=1S/C15H18N4O/c1-11-9-19(10-12-7-8-16-18(12)2)14-6-4-3-5-13(14)17-15(11)20/h3-8,11H,9-10H2,1-2H3,(H,17,20). The van der Waals surface area contributed by atoms with Gasteiger partial charge in [-0.1, -0.05) is 19.1 Å². The quantitative estimate of drug-likeness (QED) is 0.908. The van der Waals surface area contributed by atoms with Crippen LogP contribution in [0.5, 0.6) is 0 Å². The van der Waals surface area contributed by atoms with E-state index in [4.69, 9.17) is 0 Å². The monoisotopic (exact) mass is 270 g/mol. The molecule has 0 bridgehead atoms. The summed E-state index contributed by atoms with van der Waals surface area (Å²) >= 11 is 0. The highest BCUT2D eigenvalue weighted by molar-refractivity contribution is 5.97. The lowest BCUT2D eigenvalue weighted by Crippen LogP contribution is -2.31. The summed E-state index contributed by atoms with van der Waals surface area (Å²) in [4.78, 5) is 14.3. The smallest absolute Gasteiger partial charge is 0.229 e. The van der Waals surface area contributed by atoms with Gasteiger partial charge < -0.3 is 10.2 Å². The molecule has 1 aliphatic rings. The Labute approximate surface area is 118 Å². The molecule has 104 valence electrons. The van der Waals surface area contributed by atoms with Gasteiger partial charge in [0.15, 0.2) is 0 Å². The number of carbonyl (C=O) groups excluding carboxylic acids is 1. The molecule has 0 aliphatic carbocycles. The zero-order chi connectivity index (χ0) is 14.1. The lowest BCUT2D eigenvalue weighted by molar-refractivity contribution is -0.119. The molecule has 2 aromatic rings. The van der Waals surface area contributed by atoms with Gasteiger partial charge in [-0.25, -0.2) is 0 Å². The number of nitrogens with one attached hydrogen (secondary N) is 1. The minimum Gasteiger partial charge on any atom is -0.363 e. The molecule has 1 unspecified atom stereocenters. The Kier molecular flexibility index (Phi) is 3.18. The molecule has 2 heterocycles. The van der Waals surface area contributed by atoms with Crippen LogP contribution in [0.2, 0.25) is 0 Å². The molecule has 5 heteroatoms.